The molecule has 1 aromatic carbocycles. The molecule has 0 saturated heterocycles. The molecule has 0 atom stereocenters. The molecule has 4 rings (SSSR count). The Morgan fingerprint density at radius 1 is 0.968 bits per heavy atom. The van der Waals surface area contributed by atoms with Crippen molar-refractivity contribution in [2.75, 3.05) is 11.9 Å². The fourth-order valence-electron chi connectivity index (χ4n) is 3.25. The second kappa shape index (κ2) is 9.67. The minimum absolute atomic E-state index is 0.111. The molecule has 7 nitrogen and oxygen atoms in total. The average Bonchev–Trinajstić information content (AvgIpc) is 3.21. The Morgan fingerprint density at radius 3 is 2.48 bits per heavy atom. The number of rotatable bonds is 8. The Morgan fingerprint density at radius 2 is 1.74 bits per heavy atom. The van der Waals surface area contributed by atoms with Crippen molar-refractivity contribution in [1.29, 1.82) is 0 Å². The fourth-order valence-corrected chi connectivity index (χ4v) is 3.25. The number of pyridine rings is 1. The van der Waals surface area contributed by atoms with Crippen LogP contribution in [0.1, 0.15) is 21.6 Å². The van der Waals surface area contributed by atoms with Gasteiger partial charge in [0.1, 0.15) is 5.69 Å². The lowest BCUT2D eigenvalue weighted by Crippen LogP contribution is -2.27. The number of carbonyl (C=O) groups is 1. The molecule has 3 heterocycles. The molecule has 4 aromatic rings. The number of benzene rings is 1. The molecule has 156 valence electrons. The van der Waals surface area contributed by atoms with Crippen molar-refractivity contribution in [1.82, 2.24) is 24.8 Å². The van der Waals surface area contributed by atoms with Gasteiger partial charge >= 0.3 is 0 Å². The van der Waals surface area contributed by atoms with Gasteiger partial charge in [0.05, 0.1) is 0 Å². The van der Waals surface area contributed by atoms with E-state index in [2.05, 4.69) is 37.7 Å². The number of aryl methyl sites for hydroxylation is 1. The first-order valence-corrected chi connectivity index (χ1v) is 10.1. The molecule has 3 aromatic heterocycles. The highest BCUT2D eigenvalue weighted by Gasteiger charge is 2.13. The van der Waals surface area contributed by atoms with Crippen LogP contribution in [0, 0.1) is 0 Å². The topological polar surface area (TPSA) is 84.7 Å². The molecule has 0 unspecified atom stereocenters. The second-order valence-electron chi connectivity index (χ2n) is 7.23. The van der Waals surface area contributed by atoms with Crippen LogP contribution in [0.3, 0.4) is 0 Å². The molecular weight excluding hydrogens is 388 g/mol. The summed E-state index contributed by atoms with van der Waals surface area (Å²) in [6.45, 7) is 1.21. The third-order valence-electron chi connectivity index (χ3n) is 4.94. The van der Waals surface area contributed by atoms with E-state index < -0.39 is 0 Å². The maximum Gasteiger partial charge on any atom is 0.267 e. The van der Waals surface area contributed by atoms with Gasteiger partial charge in [-0.05, 0) is 29.7 Å². The zero-order valence-electron chi connectivity index (χ0n) is 17.3. The summed E-state index contributed by atoms with van der Waals surface area (Å²) >= 11 is 0. The monoisotopic (exact) mass is 412 g/mol. The molecule has 0 bridgehead atoms. The number of nitrogens with zero attached hydrogens (tertiary/aromatic N) is 4. The number of nitrogens with one attached hydrogen (secondary N) is 2. The molecule has 1 amide bonds. The van der Waals surface area contributed by atoms with Gasteiger partial charge < -0.3 is 15.2 Å². The predicted octanol–water partition coefficient (Wildman–Crippen LogP) is 3.46. The van der Waals surface area contributed by atoms with Gasteiger partial charge in [-0.15, -0.1) is 0 Å². The standard InChI is InChI=1S/C24H24N6O/c1-30-17-20(12-22(30)23(31)26-11-9-19-8-5-10-25-13-19)21-15-28-24(29-16-21)27-14-18-6-3-2-4-7-18/h2-8,10,12-13,15-17H,9,11,14H2,1H3,(H,26,31)(H,27,28,29). The minimum Gasteiger partial charge on any atom is -0.350 e. The SMILES string of the molecule is Cn1cc(-c2cnc(NCc3ccccc3)nc2)cc1C(=O)NCCc1cccnc1. The van der Waals surface area contributed by atoms with E-state index in [0.29, 0.717) is 24.7 Å². The van der Waals surface area contributed by atoms with Crippen LogP contribution in [0.4, 0.5) is 5.95 Å². The van der Waals surface area contributed by atoms with Crippen molar-refractivity contribution in [3.8, 4) is 11.1 Å². The van der Waals surface area contributed by atoms with Crippen molar-refractivity contribution in [3.05, 3.63) is 96.3 Å². The number of carbonyl (C=O) groups excluding carboxylic acids is 1. The molecule has 0 aliphatic carbocycles. The normalized spacial score (nSPS) is 10.6. The van der Waals surface area contributed by atoms with Crippen LogP contribution >= 0.6 is 0 Å². The van der Waals surface area contributed by atoms with E-state index in [1.54, 1.807) is 18.6 Å². The van der Waals surface area contributed by atoms with Crippen LogP contribution < -0.4 is 10.6 Å². The third-order valence-corrected chi connectivity index (χ3v) is 4.94. The molecule has 0 saturated carbocycles. The van der Waals surface area contributed by atoms with Crippen LogP contribution in [0.15, 0.2) is 79.5 Å². The van der Waals surface area contributed by atoms with E-state index in [1.807, 2.05) is 60.4 Å². The fraction of sp³-hybridized carbons (Fsp3) is 0.167. The van der Waals surface area contributed by atoms with Gasteiger partial charge in [-0.1, -0.05) is 36.4 Å². The maximum atomic E-state index is 12.6. The van der Waals surface area contributed by atoms with Crippen LogP contribution in [-0.2, 0) is 20.0 Å². The molecular formula is C24H24N6O. The second-order valence-corrected chi connectivity index (χ2v) is 7.23. The summed E-state index contributed by atoms with van der Waals surface area (Å²) in [5.41, 5.74) is 4.60. The summed E-state index contributed by atoms with van der Waals surface area (Å²) in [5, 5.41) is 6.18. The number of amides is 1. The lowest BCUT2D eigenvalue weighted by Gasteiger charge is -2.05. The maximum absolute atomic E-state index is 12.6. The number of hydrogen-bond donors (Lipinski definition) is 2. The van der Waals surface area contributed by atoms with Crippen LogP contribution in [0.2, 0.25) is 0 Å². The molecule has 0 spiro atoms. The van der Waals surface area contributed by atoms with Crippen LogP contribution in [0.25, 0.3) is 11.1 Å². The summed E-state index contributed by atoms with van der Waals surface area (Å²) in [7, 11) is 1.86. The molecule has 0 fully saturated rings. The first kappa shape index (κ1) is 20.3. The number of hydrogen-bond acceptors (Lipinski definition) is 5. The first-order valence-electron chi connectivity index (χ1n) is 10.1. The Kier molecular flexibility index (Phi) is 6.32. The molecule has 0 aliphatic heterocycles. The van der Waals surface area contributed by atoms with Crippen molar-refractivity contribution in [2.24, 2.45) is 7.05 Å². The largest absolute Gasteiger partial charge is 0.350 e. The van der Waals surface area contributed by atoms with E-state index in [0.717, 1.165) is 28.7 Å². The average molecular weight is 412 g/mol. The van der Waals surface area contributed by atoms with Gasteiger partial charge in [0.2, 0.25) is 5.95 Å². The highest BCUT2D eigenvalue weighted by molar-refractivity contribution is 5.94. The van der Waals surface area contributed by atoms with Gasteiger partial charge in [0.25, 0.3) is 5.91 Å². The summed E-state index contributed by atoms with van der Waals surface area (Å²) in [5.74, 6) is 0.455. The van der Waals surface area contributed by atoms with Crippen LogP contribution in [-0.4, -0.2) is 32.0 Å². The van der Waals surface area contributed by atoms with Gasteiger partial charge in [-0.3, -0.25) is 9.78 Å². The predicted molar refractivity (Wildman–Crippen MR) is 120 cm³/mol. The molecule has 2 N–H and O–H groups in total. The number of aromatic nitrogens is 4. The van der Waals surface area contributed by atoms with Gasteiger partial charge in [-0.25, -0.2) is 9.97 Å². The summed E-state index contributed by atoms with van der Waals surface area (Å²) in [6, 6.07) is 15.8. The highest BCUT2D eigenvalue weighted by atomic mass is 16.1. The zero-order valence-corrected chi connectivity index (χ0v) is 17.3. The number of anilines is 1. The lowest BCUT2D eigenvalue weighted by atomic mass is 10.2. The van der Waals surface area contributed by atoms with Gasteiger partial charge in [-0.2, -0.15) is 0 Å². The highest BCUT2D eigenvalue weighted by Crippen LogP contribution is 2.21. The van der Waals surface area contributed by atoms with E-state index in [-0.39, 0.29) is 5.91 Å². The third kappa shape index (κ3) is 5.33. The van der Waals surface area contributed by atoms with Gasteiger partial charge in [0, 0.05) is 62.2 Å². The Hall–Kier alpha value is -4.00. The van der Waals surface area contributed by atoms with E-state index in [9.17, 15) is 4.79 Å². The van der Waals surface area contributed by atoms with Crippen LogP contribution in [0.5, 0.6) is 0 Å². The zero-order chi connectivity index (χ0) is 21.5. The quantitative estimate of drug-likeness (QED) is 0.463. The summed E-state index contributed by atoms with van der Waals surface area (Å²) in [6.07, 6.45) is 9.72. The lowest BCUT2D eigenvalue weighted by molar-refractivity contribution is 0.0946. The first-order chi connectivity index (χ1) is 15.2. The Bertz CT molecular complexity index is 1120. The van der Waals surface area contributed by atoms with E-state index >= 15 is 0 Å². The molecule has 0 aliphatic rings. The van der Waals surface area contributed by atoms with Crippen molar-refractivity contribution in [3.63, 3.8) is 0 Å². The van der Waals surface area contributed by atoms with Gasteiger partial charge in [0.15, 0.2) is 0 Å². The summed E-state index contributed by atoms with van der Waals surface area (Å²) < 4.78 is 1.82. The van der Waals surface area contributed by atoms with Crippen molar-refractivity contribution < 1.29 is 4.79 Å². The summed E-state index contributed by atoms with van der Waals surface area (Å²) in [4.78, 5) is 25.5. The smallest absolute Gasteiger partial charge is 0.267 e. The van der Waals surface area contributed by atoms with Crippen molar-refractivity contribution >= 4 is 11.9 Å². The Labute approximate surface area is 181 Å². The Balaban J connectivity index is 1.35. The van der Waals surface area contributed by atoms with E-state index in [4.69, 9.17) is 0 Å². The molecule has 7 heteroatoms. The molecule has 31 heavy (non-hydrogen) atoms. The van der Waals surface area contributed by atoms with Crippen molar-refractivity contribution in [2.45, 2.75) is 13.0 Å². The van der Waals surface area contributed by atoms with E-state index in [1.165, 1.54) is 0 Å². The minimum atomic E-state index is -0.111. The molecule has 0 radical (unpaired) electrons.